The maximum Gasteiger partial charge on any atom is 0.310 e. The van der Waals surface area contributed by atoms with Crippen LogP contribution in [0.4, 0.5) is 0 Å². The Morgan fingerprint density at radius 1 is 1.24 bits per heavy atom. The lowest BCUT2D eigenvalue weighted by atomic mass is 9.97. The first-order chi connectivity index (χ1) is 11.8. The smallest absolute Gasteiger partial charge is 0.310 e. The van der Waals surface area contributed by atoms with Gasteiger partial charge in [0.15, 0.2) is 0 Å². The Balaban J connectivity index is 2.11. The number of nitrogens with zero attached hydrogens (tertiary/aromatic N) is 2. The molecule has 0 saturated carbocycles. The van der Waals surface area contributed by atoms with E-state index in [0.29, 0.717) is 31.7 Å². The van der Waals surface area contributed by atoms with Gasteiger partial charge in [0.1, 0.15) is 0 Å². The molecule has 1 saturated heterocycles. The maximum absolute atomic E-state index is 12.6. The van der Waals surface area contributed by atoms with Gasteiger partial charge in [0.25, 0.3) is 5.91 Å². The number of carbonyl (C=O) groups excluding carboxylic acids is 2. The first-order valence-corrected chi connectivity index (χ1v) is 9.70. The molecule has 0 bridgehead atoms. The van der Waals surface area contributed by atoms with E-state index in [0.717, 1.165) is 10.7 Å². The van der Waals surface area contributed by atoms with Gasteiger partial charge in [0, 0.05) is 32.7 Å². The Morgan fingerprint density at radius 3 is 2.44 bits per heavy atom. The molecule has 1 aromatic carbocycles. The van der Waals surface area contributed by atoms with E-state index < -0.39 is 10.0 Å². The largest absolute Gasteiger partial charge is 0.466 e. The molecule has 1 aliphatic rings. The molecule has 1 atom stereocenters. The topological polar surface area (TPSA) is 84.0 Å². The molecule has 0 aromatic heterocycles. The van der Waals surface area contributed by atoms with Crippen LogP contribution in [0.15, 0.2) is 29.2 Å². The van der Waals surface area contributed by atoms with Crippen LogP contribution in [0.2, 0.25) is 0 Å². The Labute approximate surface area is 148 Å². The molecule has 1 fully saturated rings. The zero-order valence-electron chi connectivity index (χ0n) is 14.8. The van der Waals surface area contributed by atoms with Crippen molar-refractivity contribution in [2.75, 3.05) is 33.8 Å². The van der Waals surface area contributed by atoms with Crippen LogP contribution < -0.4 is 0 Å². The lowest BCUT2D eigenvalue weighted by Crippen LogP contribution is -2.42. The molecule has 0 aliphatic carbocycles. The van der Waals surface area contributed by atoms with Gasteiger partial charge in [-0.1, -0.05) is 0 Å². The number of hydrogen-bond donors (Lipinski definition) is 0. The highest BCUT2D eigenvalue weighted by atomic mass is 32.2. The minimum Gasteiger partial charge on any atom is -0.466 e. The fourth-order valence-corrected chi connectivity index (χ4v) is 3.68. The Hall–Kier alpha value is -1.93. The van der Waals surface area contributed by atoms with E-state index in [9.17, 15) is 18.0 Å². The summed E-state index contributed by atoms with van der Waals surface area (Å²) in [6.07, 6.45) is 1.45. The van der Waals surface area contributed by atoms with E-state index in [1.54, 1.807) is 11.8 Å². The van der Waals surface area contributed by atoms with Gasteiger partial charge in [-0.2, -0.15) is 0 Å². The molecular weight excluding hydrogens is 344 g/mol. The van der Waals surface area contributed by atoms with E-state index >= 15 is 0 Å². The molecule has 1 amide bonds. The van der Waals surface area contributed by atoms with E-state index in [1.165, 1.54) is 38.4 Å². The minimum absolute atomic E-state index is 0.136. The second-order valence-electron chi connectivity index (χ2n) is 6.15. The highest BCUT2D eigenvalue weighted by molar-refractivity contribution is 7.89. The highest BCUT2D eigenvalue weighted by Gasteiger charge is 2.30. The van der Waals surface area contributed by atoms with Crippen molar-refractivity contribution in [1.82, 2.24) is 9.21 Å². The van der Waals surface area contributed by atoms with Crippen LogP contribution in [0.3, 0.4) is 0 Å². The lowest BCUT2D eigenvalue weighted by molar-refractivity contribution is -0.149. The molecule has 7 nitrogen and oxygen atoms in total. The van der Waals surface area contributed by atoms with Crippen LogP contribution in [0.5, 0.6) is 0 Å². The lowest BCUT2D eigenvalue weighted by Gasteiger charge is -2.31. The van der Waals surface area contributed by atoms with Crippen molar-refractivity contribution in [1.29, 1.82) is 0 Å². The van der Waals surface area contributed by atoms with Crippen LogP contribution in [-0.4, -0.2) is 63.3 Å². The van der Waals surface area contributed by atoms with Gasteiger partial charge in [-0.3, -0.25) is 9.59 Å². The zero-order valence-corrected chi connectivity index (χ0v) is 15.6. The van der Waals surface area contributed by atoms with Crippen LogP contribution in [0.1, 0.15) is 30.1 Å². The van der Waals surface area contributed by atoms with Gasteiger partial charge >= 0.3 is 5.97 Å². The van der Waals surface area contributed by atoms with Gasteiger partial charge < -0.3 is 9.64 Å². The Morgan fingerprint density at radius 2 is 1.88 bits per heavy atom. The predicted octanol–water partition coefficient (Wildman–Crippen LogP) is 1.35. The molecule has 0 unspecified atom stereocenters. The fraction of sp³-hybridized carbons (Fsp3) is 0.529. The number of esters is 1. The van der Waals surface area contributed by atoms with E-state index in [4.69, 9.17) is 4.74 Å². The van der Waals surface area contributed by atoms with Crippen molar-refractivity contribution >= 4 is 21.9 Å². The average Bonchev–Trinajstić information content (AvgIpc) is 2.61. The molecule has 0 radical (unpaired) electrons. The van der Waals surface area contributed by atoms with Crippen LogP contribution in [0.25, 0.3) is 0 Å². The zero-order chi connectivity index (χ0) is 18.6. The molecule has 0 N–H and O–H groups in total. The number of hydrogen-bond acceptors (Lipinski definition) is 5. The summed E-state index contributed by atoms with van der Waals surface area (Å²) < 4.78 is 30.3. The van der Waals surface area contributed by atoms with Crippen molar-refractivity contribution < 1.29 is 22.7 Å². The maximum atomic E-state index is 12.6. The number of piperidine rings is 1. The van der Waals surface area contributed by atoms with Crippen molar-refractivity contribution in [3.63, 3.8) is 0 Å². The van der Waals surface area contributed by atoms with Crippen LogP contribution in [0, 0.1) is 5.92 Å². The number of rotatable bonds is 5. The summed E-state index contributed by atoms with van der Waals surface area (Å²) in [7, 11) is -0.611. The standard InChI is InChI=1S/C17H24N2O5S/c1-4-24-17(21)14-6-5-11-19(12-14)16(20)13-7-9-15(10-8-13)25(22,23)18(2)3/h7-10,14H,4-6,11-12H2,1-3H3/t14-/m0/s1. The quantitative estimate of drug-likeness (QED) is 0.733. The van der Waals surface area contributed by atoms with Crippen molar-refractivity contribution in [2.45, 2.75) is 24.7 Å². The average molecular weight is 368 g/mol. The third kappa shape index (κ3) is 4.38. The molecule has 25 heavy (non-hydrogen) atoms. The molecule has 1 aliphatic heterocycles. The summed E-state index contributed by atoms with van der Waals surface area (Å²) in [6, 6.07) is 5.87. The van der Waals surface area contributed by atoms with E-state index in [2.05, 4.69) is 0 Å². The molecule has 2 rings (SSSR count). The summed E-state index contributed by atoms with van der Waals surface area (Å²) in [5.41, 5.74) is 0.405. The van der Waals surface area contributed by atoms with Crippen LogP contribution >= 0.6 is 0 Å². The Kier molecular flexibility index (Phi) is 6.18. The first kappa shape index (κ1) is 19.4. The normalized spacial score (nSPS) is 18.2. The fourth-order valence-electron chi connectivity index (χ4n) is 2.78. The monoisotopic (exact) mass is 368 g/mol. The summed E-state index contributed by atoms with van der Waals surface area (Å²) in [6.45, 7) is 2.99. The summed E-state index contributed by atoms with van der Waals surface area (Å²) in [5, 5.41) is 0. The highest BCUT2D eigenvalue weighted by Crippen LogP contribution is 2.21. The van der Waals surface area contributed by atoms with Gasteiger partial charge in [0.05, 0.1) is 17.4 Å². The third-order valence-electron chi connectivity index (χ3n) is 4.21. The van der Waals surface area contributed by atoms with Gasteiger partial charge in [-0.25, -0.2) is 12.7 Å². The van der Waals surface area contributed by atoms with Crippen LogP contribution in [-0.2, 0) is 19.6 Å². The summed E-state index contributed by atoms with van der Waals surface area (Å²) in [5.74, 6) is -0.777. The molecule has 8 heteroatoms. The summed E-state index contributed by atoms with van der Waals surface area (Å²) >= 11 is 0. The number of amides is 1. The molecule has 0 spiro atoms. The first-order valence-electron chi connectivity index (χ1n) is 8.26. The predicted molar refractivity (Wildman–Crippen MR) is 92.6 cm³/mol. The molecule has 1 aromatic rings. The van der Waals surface area contributed by atoms with Crippen molar-refractivity contribution in [2.24, 2.45) is 5.92 Å². The second-order valence-corrected chi connectivity index (χ2v) is 8.31. The molecule has 138 valence electrons. The van der Waals surface area contributed by atoms with Gasteiger partial charge in [0.2, 0.25) is 10.0 Å². The third-order valence-corrected chi connectivity index (χ3v) is 6.04. The van der Waals surface area contributed by atoms with Crippen molar-refractivity contribution in [3.05, 3.63) is 29.8 Å². The molecule has 1 heterocycles. The number of ether oxygens (including phenoxy) is 1. The van der Waals surface area contributed by atoms with E-state index in [1.807, 2.05) is 0 Å². The van der Waals surface area contributed by atoms with Gasteiger partial charge in [-0.15, -0.1) is 0 Å². The summed E-state index contributed by atoms with van der Waals surface area (Å²) in [4.78, 5) is 26.3. The number of sulfonamides is 1. The minimum atomic E-state index is -3.52. The molecular formula is C17H24N2O5S. The van der Waals surface area contributed by atoms with E-state index in [-0.39, 0.29) is 22.7 Å². The number of benzene rings is 1. The number of likely N-dealkylation sites (tertiary alicyclic amines) is 1. The van der Waals surface area contributed by atoms with Gasteiger partial charge in [-0.05, 0) is 44.0 Å². The number of carbonyl (C=O) groups is 2. The van der Waals surface area contributed by atoms with Crippen molar-refractivity contribution in [3.8, 4) is 0 Å². The SMILES string of the molecule is CCOC(=O)[C@H]1CCCN(C(=O)c2ccc(S(=O)(=O)N(C)C)cc2)C1. The Bertz CT molecular complexity index is 728. The second kappa shape index (κ2) is 7.97.